The van der Waals surface area contributed by atoms with Gasteiger partial charge in [0.25, 0.3) is 0 Å². The van der Waals surface area contributed by atoms with E-state index in [1.165, 1.54) is 167 Å². The van der Waals surface area contributed by atoms with Crippen molar-refractivity contribution in [2.24, 2.45) is 0 Å². The Morgan fingerprint density at radius 2 is 0.481 bits per heavy atom. The van der Waals surface area contributed by atoms with Crippen molar-refractivity contribution in [1.82, 2.24) is 0 Å². The van der Waals surface area contributed by atoms with Crippen LogP contribution >= 0.6 is 0 Å². The molecule has 0 amide bonds. The van der Waals surface area contributed by atoms with Gasteiger partial charge in [0.2, 0.25) is 0 Å². The van der Waals surface area contributed by atoms with E-state index in [0.29, 0.717) is 19.3 Å². The van der Waals surface area contributed by atoms with Crippen molar-refractivity contribution in [3.05, 3.63) is 97.2 Å². The Morgan fingerprint density at radius 3 is 0.759 bits per heavy atom. The van der Waals surface area contributed by atoms with Crippen molar-refractivity contribution in [3.8, 4) is 0 Å². The summed E-state index contributed by atoms with van der Waals surface area (Å²) in [5.41, 5.74) is 0. The molecular weight excluding hydrogens is 973 g/mol. The molecule has 0 aromatic rings. The molecule has 0 fully saturated rings. The average Bonchev–Trinajstić information content (AvgIpc) is 3.45. The van der Waals surface area contributed by atoms with Crippen LogP contribution in [-0.2, 0) is 28.6 Å². The Morgan fingerprint density at radius 1 is 0.253 bits per heavy atom. The molecule has 454 valence electrons. The predicted molar refractivity (Wildman–Crippen MR) is 344 cm³/mol. The van der Waals surface area contributed by atoms with E-state index in [0.717, 1.165) is 122 Å². The summed E-state index contributed by atoms with van der Waals surface area (Å²) in [6.07, 6.45) is 89.9. The number of ether oxygens (including phenoxy) is 3. The van der Waals surface area contributed by atoms with Crippen molar-refractivity contribution in [1.29, 1.82) is 0 Å². The summed E-state index contributed by atoms with van der Waals surface area (Å²) in [6, 6.07) is 0. The molecule has 79 heavy (non-hydrogen) atoms. The van der Waals surface area contributed by atoms with Gasteiger partial charge >= 0.3 is 17.9 Å². The number of hydrogen-bond acceptors (Lipinski definition) is 6. The molecule has 0 aliphatic carbocycles. The second-order valence-corrected chi connectivity index (χ2v) is 22.4. The zero-order valence-corrected chi connectivity index (χ0v) is 52.1. The molecule has 0 heterocycles. The second kappa shape index (κ2) is 66.8. The molecular formula is C73H126O6. The van der Waals surface area contributed by atoms with Gasteiger partial charge in [-0.25, -0.2) is 0 Å². The average molecular weight is 1100 g/mol. The summed E-state index contributed by atoms with van der Waals surface area (Å²) in [5, 5.41) is 0. The molecule has 1 unspecified atom stereocenters. The lowest BCUT2D eigenvalue weighted by molar-refractivity contribution is -0.167. The SMILES string of the molecule is CCC/C=C\C/C=C\CCCCCCCC(=O)OCC(COC(=O)CCCCCCCCCCCC/C=C\C/C=C\C/C=C\CCCCCCC)OC(=O)CCCCCCCCCC/C=C\C/C=C\C/C=C\CCCCCCC. The summed E-state index contributed by atoms with van der Waals surface area (Å²) in [7, 11) is 0. The van der Waals surface area contributed by atoms with Crippen LogP contribution in [0.25, 0.3) is 0 Å². The minimum absolute atomic E-state index is 0.0868. The fraction of sp³-hybridized carbons (Fsp3) is 0.740. The van der Waals surface area contributed by atoms with Gasteiger partial charge < -0.3 is 14.2 Å². The molecule has 0 spiro atoms. The normalized spacial score (nSPS) is 12.7. The quantitative estimate of drug-likeness (QED) is 0.0261. The first kappa shape index (κ1) is 75.3. The second-order valence-electron chi connectivity index (χ2n) is 22.4. The number of carbonyl (C=O) groups is 3. The highest BCUT2D eigenvalue weighted by atomic mass is 16.6. The summed E-state index contributed by atoms with van der Waals surface area (Å²) in [5.74, 6) is -0.902. The summed E-state index contributed by atoms with van der Waals surface area (Å²) in [4.78, 5) is 38.4. The Labute approximate surface area is 489 Å². The topological polar surface area (TPSA) is 78.9 Å². The van der Waals surface area contributed by atoms with Crippen molar-refractivity contribution >= 4 is 17.9 Å². The van der Waals surface area contributed by atoms with Crippen LogP contribution in [0.3, 0.4) is 0 Å². The number of esters is 3. The van der Waals surface area contributed by atoms with E-state index in [9.17, 15) is 14.4 Å². The van der Waals surface area contributed by atoms with Crippen LogP contribution < -0.4 is 0 Å². The monoisotopic (exact) mass is 1100 g/mol. The minimum Gasteiger partial charge on any atom is -0.462 e. The van der Waals surface area contributed by atoms with Crippen LogP contribution in [0.1, 0.15) is 329 Å². The molecule has 0 N–H and O–H groups in total. The number of allylic oxidation sites excluding steroid dienone is 16. The van der Waals surface area contributed by atoms with Crippen molar-refractivity contribution in [2.45, 2.75) is 335 Å². The highest BCUT2D eigenvalue weighted by molar-refractivity contribution is 5.71. The van der Waals surface area contributed by atoms with Gasteiger partial charge in [-0.3, -0.25) is 14.4 Å². The lowest BCUT2D eigenvalue weighted by Crippen LogP contribution is -2.30. The molecule has 0 aromatic heterocycles. The lowest BCUT2D eigenvalue weighted by atomic mass is 10.1. The first-order chi connectivity index (χ1) is 39.0. The van der Waals surface area contributed by atoms with E-state index in [1.54, 1.807) is 0 Å². The van der Waals surface area contributed by atoms with Gasteiger partial charge in [-0.1, -0.05) is 285 Å². The predicted octanol–water partition coefficient (Wildman–Crippen LogP) is 23.2. The van der Waals surface area contributed by atoms with Gasteiger partial charge in [0, 0.05) is 19.3 Å². The fourth-order valence-corrected chi connectivity index (χ4v) is 9.44. The summed E-state index contributed by atoms with van der Waals surface area (Å²) in [6.45, 7) is 6.56. The van der Waals surface area contributed by atoms with Crippen LogP contribution in [0.15, 0.2) is 97.2 Å². The standard InChI is InChI=1S/C73H126O6/c1-4-7-10-13-16-19-22-25-27-29-31-33-35-36-38-39-41-43-45-48-51-54-57-60-63-66-72(75)78-69-70(68-77-71(74)65-62-59-56-53-50-47-24-21-18-15-12-9-6-3)79-73(76)67-64-61-58-55-52-49-46-44-42-40-37-34-32-30-28-26-23-20-17-14-11-8-5-2/h12,15,21-26,29-32,35-37,40,70H,4-11,13-14,16-20,27-28,33-34,38-39,41-69H2,1-3H3/b15-12-,24-21-,25-22-,26-23-,31-29-,32-30-,36-35-,40-37-. The van der Waals surface area contributed by atoms with Crippen LogP contribution in [-0.4, -0.2) is 37.2 Å². The molecule has 0 aliphatic rings. The van der Waals surface area contributed by atoms with E-state index in [4.69, 9.17) is 14.2 Å². The zero-order valence-electron chi connectivity index (χ0n) is 52.1. The molecule has 6 nitrogen and oxygen atoms in total. The fourth-order valence-electron chi connectivity index (χ4n) is 9.44. The Hall–Kier alpha value is -3.67. The number of hydrogen-bond donors (Lipinski definition) is 0. The Bertz CT molecular complexity index is 1540. The largest absolute Gasteiger partial charge is 0.462 e. The van der Waals surface area contributed by atoms with E-state index < -0.39 is 6.10 Å². The molecule has 6 heteroatoms. The zero-order chi connectivity index (χ0) is 57.1. The minimum atomic E-state index is -0.792. The maximum atomic E-state index is 12.9. The smallest absolute Gasteiger partial charge is 0.306 e. The number of rotatable bonds is 61. The third-order valence-corrected chi connectivity index (χ3v) is 14.5. The van der Waals surface area contributed by atoms with Crippen molar-refractivity contribution in [3.63, 3.8) is 0 Å². The highest BCUT2D eigenvalue weighted by Gasteiger charge is 2.19. The molecule has 0 aromatic carbocycles. The Balaban J connectivity index is 4.34. The van der Waals surface area contributed by atoms with Crippen molar-refractivity contribution < 1.29 is 28.6 Å². The summed E-state index contributed by atoms with van der Waals surface area (Å²) < 4.78 is 16.9. The molecule has 0 aliphatic heterocycles. The Kier molecular flexibility index (Phi) is 63.7. The van der Waals surface area contributed by atoms with Gasteiger partial charge in [-0.15, -0.1) is 0 Å². The van der Waals surface area contributed by atoms with Crippen LogP contribution in [0.5, 0.6) is 0 Å². The van der Waals surface area contributed by atoms with Crippen molar-refractivity contribution in [2.75, 3.05) is 13.2 Å². The first-order valence-electron chi connectivity index (χ1n) is 33.7. The van der Waals surface area contributed by atoms with E-state index in [1.807, 2.05) is 0 Å². The maximum absolute atomic E-state index is 12.9. The molecule has 0 saturated carbocycles. The third-order valence-electron chi connectivity index (χ3n) is 14.5. The lowest BCUT2D eigenvalue weighted by Gasteiger charge is -2.18. The molecule has 0 bridgehead atoms. The van der Waals surface area contributed by atoms with Gasteiger partial charge in [0.1, 0.15) is 13.2 Å². The molecule has 1 atom stereocenters. The van der Waals surface area contributed by atoms with Gasteiger partial charge in [0.15, 0.2) is 6.10 Å². The van der Waals surface area contributed by atoms with Gasteiger partial charge in [-0.05, 0) is 122 Å². The highest BCUT2D eigenvalue weighted by Crippen LogP contribution is 2.16. The van der Waals surface area contributed by atoms with E-state index >= 15 is 0 Å². The van der Waals surface area contributed by atoms with Gasteiger partial charge in [0.05, 0.1) is 0 Å². The molecule has 0 rings (SSSR count). The first-order valence-corrected chi connectivity index (χ1v) is 33.7. The van der Waals surface area contributed by atoms with Crippen LogP contribution in [0.4, 0.5) is 0 Å². The number of unbranched alkanes of at least 4 members (excludes halogenated alkanes) is 34. The van der Waals surface area contributed by atoms with Gasteiger partial charge in [-0.2, -0.15) is 0 Å². The van der Waals surface area contributed by atoms with E-state index in [2.05, 4.69) is 118 Å². The maximum Gasteiger partial charge on any atom is 0.306 e. The van der Waals surface area contributed by atoms with E-state index in [-0.39, 0.29) is 31.1 Å². The number of carbonyl (C=O) groups excluding carboxylic acids is 3. The molecule has 0 saturated heterocycles. The molecule has 0 radical (unpaired) electrons. The summed E-state index contributed by atoms with van der Waals surface area (Å²) >= 11 is 0. The van der Waals surface area contributed by atoms with Crippen LogP contribution in [0, 0.1) is 0 Å². The van der Waals surface area contributed by atoms with Crippen LogP contribution in [0.2, 0.25) is 0 Å². The third kappa shape index (κ3) is 65.0.